The highest BCUT2D eigenvalue weighted by Crippen LogP contribution is 2.33. The fraction of sp³-hybridized carbons (Fsp3) is 0.0952. The third-order valence-corrected chi connectivity index (χ3v) is 5.91. The van der Waals surface area contributed by atoms with E-state index in [1.807, 2.05) is 36.4 Å². The van der Waals surface area contributed by atoms with Gasteiger partial charge >= 0.3 is 0 Å². The van der Waals surface area contributed by atoms with Gasteiger partial charge in [-0.2, -0.15) is 8.42 Å². The van der Waals surface area contributed by atoms with Crippen LogP contribution in [0.3, 0.4) is 0 Å². The first-order valence-electron chi connectivity index (χ1n) is 8.73. The maximum Gasteiger partial charge on any atom is 0.269 e. The summed E-state index contributed by atoms with van der Waals surface area (Å²) in [6.07, 6.45) is 0. The maximum atomic E-state index is 11.3. The molecular formula is C21H17NO5S2. The molecule has 3 aromatic carbocycles. The third kappa shape index (κ3) is 4.35. The standard InChI is InChI=1S/C21H17NO5S2/c23-28(24)12-14-5-8-16(9-6-14)21-18-10-7-15(13-29(25,26)27)11-19(18)17-3-1-2-4-20(17)22-21/h1-11H,12-13H2,(H,23,24)(H,25,26,27). The average molecular weight is 428 g/mol. The van der Waals surface area contributed by atoms with Crippen molar-refractivity contribution in [2.24, 2.45) is 0 Å². The van der Waals surface area contributed by atoms with E-state index in [9.17, 15) is 17.2 Å². The van der Waals surface area contributed by atoms with E-state index < -0.39 is 27.0 Å². The Bertz CT molecular complexity index is 1350. The molecule has 1 aromatic heterocycles. The van der Waals surface area contributed by atoms with Gasteiger partial charge in [-0.25, -0.2) is 9.19 Å². The fourth-order valence-corrected chi connectivity index (χ4v) is 4.50. The molecule has 148 valence electrons. The third-order valence-electron chi connectivity index (χ3n) is 4.63. The van der Waals surface area contributed by atoms with Crippen LogP contribution in [0, 0.1) is 0 Å². The largest absolute Gasteiger partial charge is 0.306 e. The predicted molar refractivity (Wildman–Crippen MR) is 114 cm³/mol. The van der Waals surface area contributed by atoms with E-state index in [-0.39, 0.29) is 5.75 Å². The molecule has 1 atom stereocenters. The second-order valence-electron chi connectivity index (χ2n) is 6.75. The molecule has 0 aliphatic heterocycles. The molecule has 0 aliphatic carbocycles. The molecule has 4 aromatic rings. The van der Waals surface area contributed by atoms with Crippen molar-refractivity contribution in [3.05, 3.63) is 77.9 Å². The SMILES string of the molecule is O=S(O)Cc1ccc(-c2nc3ccccc3c3cc(CS(=O)(=O)O)ccc23)cc1. The predicted octanol–water partition coefficient (Wildman–Crippen LogP) is 4.16. The number of pyridine rings is 1. The Hall–Kier alpha value is -2.65. The van der Waals surface area contributed by atoms with Gasteiger partial charge in [0.05, 0.1) is 17.0 Å². The maximum absolute atomic E-state index is 11.3. The Balaban J connectivity index is 1.92. The summed E-state index contributed by atoms with van der Waals surface area (Å²) in [6.45, 7) is 0. The molecule has 6 nitrogen and oxygen atoms in total. The van der Waals surface area contributed by atoms with Gasteiger partial charge in [0.1, 0.15) is 5.75 Å². The molecule has 0 fully saturated rings. The fourth-order valence-electron chi connectivity index (χ4n) is 3.42. The molecule has 0 saturated heterocycles. The highest BCUT2D eigenvalue weighted by molar-refractivity contribution is 7.85. The Morgan fingerprint density at radius 2 is 1.55 bits per heavy atom. The van der Waals surface area contributed by atoms with Crippen LogP contribution in [0.1, 0.15) is 11.1 Å². The van der Waals surface area contributed by atoms with Crippen LogP contribution < -0.4 is 0 Å². The van der Waals surface area contributed by atoms with Crippen LogP contribution in [0.4, 0.5) is 0 Å². The molecule has 8 heteroatoms. The summed E-state index contributed by atoms with van der Waals surface area (Å²) < 4.78 is 51.9. The highest BCUT2D eigenvalue weighted by atomic mass is 32.2. The lowest BCUT2D eigenvalue weighted by Crippen LogP contribution is -2.01. The van der Waals surface area contributed by atoms with Crippen LogP contribution in [0.25, 0.3) is 32.9 Å². The second-order valence-corrected chi connectivity index (χ2v) is 9.13. The van der Waals surface area contributed by atoms with Gasteiger partial charge in [-0.05, 0) is 28.6 Å². The smallest absolute Gasteiger partial charge is 0.269 e. The van der Waals surface area contributed by atoms with Crippen molar-refractivity contribution in [1.29, 1.82) is 0 Å². The van der Waals surface area contributed by atoms with Gasteiger partial charge in [0, 0.05) is 16.3 Å². The Kier molecular flexibility index (Phi) is 5.18. The van der Waals surface area contributed by atoms with Gasteiger partial charge < -0.3 is 4.55 Å². The van der Waals surface area contributed by atoms with E-state index in [0.717, 1.165) is 38.5 Å². The summed E-state index contributed by atoms with van der Waals surface area (Å²) >= 11 is -1.90. The van der Waals surface area contributed by atoms with Crippen molar-refractivity contribution >= 4 is 42.9 Å². The van der Waals surface area contributed by atoms with Crippen molar-refractivity contribution in [3.63, 3.8) is 0 Å². The number of para-hydroxylation sites is 1. The summed E-state index contributed by atoms with van der Waals surface area (Å²) in [5, 5.41) is 2.57. The minimum absolute atomic E-state index is 0.0607. The summed E-state index contributed by atoms with van der Waals surface area (Å²) in [5.41, 5.74) is 3.57. The second kappa shape index (κ2) is 7.64. The van der Waals surface area contributed by atoms with Gasteiger partial charge in [-0.1, -0.05) is 54.6 Å². The minimum atomic E-state index is -4.14. The molecule has 29 heavy (non-hydrogen) atoms. The van der Waals surface area contributed by atoms with Crippen molar-refractivity contribution in [2.45, 2.75) is 11.5 Å². The zero-order valence-electron chi connectivity index (χ0n) is 15.1. The number of benzene rings is 3. The molecule has 0 aliphatic rings. The molecule has 1 heterocycles. The van der Waals surface area contributed by atoms with Crippen LogP contribution in [-0.2, 0) is 32.7 Å². The van der Waals surface area contributed by atoms with Crippen molar-refractivity contribution in [1.82, 2.24) is 4.98 Å². The minimum Gasteiger partial charge on any atom is -0.306 e. The van der Waals surface area contributed by atoms with Crippen LogP contribution in [0.5, 0.6) is 0 Å². The van der Waals surface area contributed by atoms with Crippen molar-refractivity contribution in [3.8, 4) is 11.3 Å². The van der Waals surface area contributed by atoms with E-state index in [4.69, 9.17) is 9.54 Å². The lowest BCUT2D eigenvalue weighted by molar-refractivity contribution is 0.482. The topological polar surface area (TPSA) is 105 Å². The lowest BCUT2D eigenvalue weighted by atomic mass is 9.98. The summed E-state index contributed by atoms with van der Waals surface area (Å²) in [7, 11) is -4.14. The average Bonchev–Trinajstić information content (AvgIpc) is 2.66. The van der Waals surface area contributed by atoms with Gasteiger partial charge in [-0.15, -0.1) is 0 Å². The number of hydrogen-bond acceptors (Lipinski definition) is 4. The van der Waals surface area contributed by atoms with E-state index in [1.54, 1.807) is 30.3 Å². The Labute approximate surface area is 170 Å². The molecule has 2 N–H and O–H groups in total. The summed E-state index contributed by atoms with van der Waals surface area (Å²) in [5.74, 6) is -0.396. The lowest BCUT2D eigenvalue weighted by Gasteiger charge is -2.12. The van der Waals surface area contributed by atoms with Gasteiger partial charge in [0.25, 0.3) is 10.1 Å². The number of fused-ring (bicyclic) bond motifs is 3. The van der Waals surface area contributed by atoms with E-state index in [1.165, 1.54) is 0 Å². The highest BCUT2D eigenvalue weighted by Gasteiger charge is 2.13. The molecule has 0 amide bonds. The first kappa shape index (κ1) is 19.7. The van der Waals surface area contributed by atoms with Crippen molar-refractivity contribution < 1.29 is 21.7 Å². The normalized spacial score (nSPS) is 13.0. The zero-order chi connectivity index (χ0) is 20.6. The number of hydrogen-bond donors (Lipinski definition) is 2. The van der Waals surface area contributed by atoms with Gasteiger partial charge in [-0.3, -0.25) is 4.55 Å². The van der Waals surface area contributed by atoms with Gasteiger partial charge in [0.2, 0.25) is 0 Å². The molecule has 0 saturated carbocycles. The number of aromatic nitrogens is 1. The van der Waals surface area contributed by atoms with Crippen LogP contribution >= 0.6 is 0 Å². The zero-order valence-corrected chi connectivity index (χ0v) is 16.8. The summed E-state index contributed by atoms with van der Waals surface area (Å²) in [6, 6.07) is 20.1. The molecule has 0 bridgehead atoms. The molecule has 0 radical (unpaired) electrons. The Morgan fingerprint density at radius 3 is 2.24 bits per heavy atom. The first-order chi connectivity index (χ1) is 13.8. The van der Waals surface area contributed by atoms with Crippen LogP contribution in [0.2, 0.25) is 0 Å². The van der Waals surface area contributed by atoms with Gasteiger partial charge in [0.15, 0.2) is 11.1 Å². The van der Waals surface area contributed by atoms with Crippen molar-refractivity contribution in [2.75, 3.05) is 0 Å². The molecule has 0 spiro atoms. The molecular weight excluding hydrogens is 410 g/mol. The molecule has 1 unspecified atom stereocenters. The summed E-state index contributed by atoms with van der Waals surface area (Å²) in [4.78, 5) is 4.79. The number of nitrogens with zero attached hydrogens (tertiary/aromatic N) is 1. The van der Waals surface area contributed by atoms with E-state index in [2.05, 4.69) is 0 Å². The van der Waals surface area contributed by atoms with Crippen LogP contribution in [0.15, 0.2) is 66.7 Å². The number of rotatable bonds is 5. The first-order valence-corrected chi connectivity index (χ1v) is 11.6. The Morgan fingerprint density at radius 1 is 0.862 bits per heavy atom. The molecule has 4 rings (SSSR count). The van der Waals surface area contributed by atoms with E-state index >= 15 is 0 Å². The monoisotopic (exact) mass is 427 g/mol. The van der Waals surface area contributed by atoms with Crippen LogP contribution in [-0.4, -0.2) is 26.7 Å². The quantitative estimate of drug-likeness (QED) is 0.281. The van der Waals surface area contributed by atoms with E-state index in [0.29, 0.717) is 5.56 Å².